The Morgan fingerprint density at radius 1 is 1.00 bits per heavy atom. The van der Waals surface area contributed by atoms with E-state index in [9.17, 15) is 17.6 Å². The molecular formula is C14H10F4IN. The van der Waals surface area contributed by atoms with Gasteiger partial charge in [-0.25, -0.2) is 4.39 Å². The van der Waals surface area contributed by atoms with Gasteiger partial charge in [-0.1, -0.05) is 12.1 Å². The van der Waals surface area contributed by atoms with E-state index < -0.39 is 17.6 Å². The largest absolute Gasteiger partial charge is 0.416 e. The Bertz CT molecular complexity index is 593. The van der Waals surface area contributed by atoms with Crippen LogP contribution in [0.25, 0.3) is 0 Å². The van der Waals surface area contributed by atoms with Crippen LogP contribution in [-0.4, -0.2) is 0 Å². The first-order valence-corrected chi connectivity index (χ1v) is 6.79. The van der Waals surface area contributed by atoms with Crippen molar-refractivity contribution in [2.75, 3.05) is 5.32 Å². The van der Waals surface area contributed by atoms with Crippen LogP contribution < -0.4 is 5.32 Å². The Morgan fingerprint density at radius 3 is 2.25 bits per heavy atom. The second-order valence-corrected chi connectivity index (χ2v) is 5.42. The summed E-state index contributed by atoms with van der Waals surface area (Å²) in [6.07, 6.45) is -4.48. The van der Waals surface area contributed by atoms with Crippen molar-refractivity contribution >= 4 is 28.3 Å². The van der Waals surface area contributed by atoms with Gasteiger partial charge in [-0.2, -0.15) is 13.2 Å². The smallest absolute Gasteiger partial charge is 0.379 e. The summed E-state index contributed by atoms with van der Waals surface area (Å²) in [4.78, 5) is 0. The fourth-order valence-electron chi connectivity index (χ4n) is 1.64. The summed E-state index contributed by atoms with van der Waals surface area (Å²) in [5.41, 5.74) is -0.162. The minimum absolute atomic E-state index is 0.154. The summed E-state index contributed by atoms with van der Waals surface area (Å²) in [5, 5.41) is 2.68. The lowest BCUT2D eigenvalue weighted by atomic mass is 10.1. The maximum Gasteiger partial charge on any atom is 0.416 e. The fraction of sp³-hybridized carbons (Fsp3) is 0.143. The molecule has 20 heavy (non-hydrogen) atoms. The van der Waals surface area contributed by atoms with Crippen LogP contribution in [0.15, 0.2) is 42.5 Å². The van der Waals surface area contributed by atoms with Crippen LogP contribution >= 0.6 is 22.6 Å². The minimum atomic E-state index is -4.48. The van der Waals surface area contributed by atoms with E-state index in [0.717, 1.165) is 27.3 Å². The van der Waals surface area contributed by atoms with Gasteiger partial charge in [0, 0.05) is 10.1 Å². The molecule has 1 N–H and O–H groups in total. The molecule has 0 aliphatic carbocycles. The summed E-state index contributed by atoms with van der Waals surface area (Å²) >= 11 is 2.15. The van der Waals surface area contributed by atoms with E-state index >= 15 is 0 Å². The van der Waals surface area contributed by atoms with Crippen LogP contribution in [0, 0.1) is 9.39 Å². The molecule has 2 aromatic rings. The molecule has 0 spiro atoms. The van der Waals surface area contributed by atoms with Crippen molar-refractivity contribution in [3.63, 3.8) is 0 Å². The molecule has 0 fully saturated rings. The zero-order valence-electron chi connectivity index (χ0n) is 10.1. The molecule has 0 saturated carbocycles. The van der Waals surface area contributed by atoms with Gasteiger partial charge in [-0.15, -0.1) is 0 Å². The van der Waals surface area contributed by atoms with Gasteiger partial charge in [-0.3, -0.25) is 0 Å². The van der Waals surface area contributed by atoms with Crippen molar-refractivity contribution < 1.29 is 17.6 Å². The Kier molecular flexibility index (Phi) is 4.52. The van der Waals surface area contributed by atoms with Crippen LogP contribution in [0.4, 0.5) is 23.2 Å². The third-order valence-corrected chi connectivity index (χ3v) is 3.41. The predicted molar refractivity (Wildman–Crippen MR) is 77.9 cm³/mol. The molecule has 2 rings (SSSR count). The van der Waals surface area contributed by atoms with E-state index in [1.54, 1.807) is 0 Å². The summed E-state index contributed by atoms with van der Waals surface area (Å²) in [6.45, 7) is 0.259. The summed E-state index contributed by atoms with van der Waals surface area (Å²) in [5.74, 6) is -0.705. The van der Waals surface area contributed by atoms with Gasteiger partial charge in [0.15, 0.2) is 0 Å². The molecule has 2 aromatic carbocycles. The lowest BCUT2D eigenvalue weighted by Gasteiger charge is -2.11. The van der Waals surface area contributed by atoms with Crippen LogP contribution in [0.2, 0.25) is 0 Å². The highest BCUT2D eigenvalue weighted by molar-refractivity contribution is 14.1. The molecule has 1 nitrogen and oxygen atoms in total. The number of alkyl halides is 3. The number of hydrogen-bond donors (Lipinski definition) is 1. The van der Waals surface area contributed by atoms with Gasteiger partial charge < -0.3 is 5.32 Å². The number of anilines is 1. The molecule has 0 atom stereocenters. The molecule has 0 radical (unpaired) electrons. The number of nitrogens with one attached hydrogen (secondary N) is 1. The Hall–Kier alpha value is -1.31. The molecule has 0 saturated heterocycles. The maximum atomic E-state index is 13.5. The van der Waals surface area contributed by atoms with Crippen LogP contribution in [-0.2, 0) is 12.7 Å². The summed E-state index contributed by atoms with van der Waals surface area (Å²) < 4.78 is 52.2. The van der Waals surface area contributed by atoms with Gasteiger partial charge in [0.25, 0.3) is 0 Å². The van der Waals surface area contributed by atoms with E-state index in [-0.39, 0.29) is 12.2 Å². The van der Waals surface area contributed by atoms with Gasteiger partial charge in [0.1, 0.15) is 5.82 Å². The topological polar surface area (TPSA) is 12.0 Å². The first-order chi connectivity index (χ1) is 9.36. The highest BCUT2D eigenvalue weighted by Crippen LogP contribution is 2.31. The van der Waals surface area contributed by atoms with E-state index in [1.807, 2.05) is 24.3 Å². The van der Waals surface area contributed by atoms with Crippen molar-refractivity contribution in [2.45, 2.75) is 12.7 Å². The summed E-state index contributed by atoms with van der Waals surface area (Å²) in [6, 6.07) is 9.74. The molecule has 0 aromatic heterocycles. The van der Waals surface area contributed by atoms with Crippen molar-refractivity contribution in [1.82, 2.24) is 0 Å². The first kappa shape index (κ1) is 15.1. The quantitative estimate of drug-likeness (QED) is 0.566. The molecular weight excluding hydrogens is 385 g/mol. The lowest BCUT2D eigenvalue weighted by Crippen LogP contribution is -2.08. The number of hydrogen-bond acceptors (Lipinski definition) is 1. The average Bonchev–Trinajstić information content (AvgIpc) is 2.38. The lowest BCUT2D eigenvalue weighted by molar-refractivity contribution is -0.137. The van der Waals surface area contributed by atoms with Crippen LogP contribution in [0.1, 0.15) is 11.1 Å². The fourth-order valence-corrected chi connectivity index (χ4v) is 2.00. The molecule has 0 aliphatic heterocycles. The molecule has 0 unspecified atom stereocenters. The highest BCUT2D eigenvalue weighted by atomic mass is 127. The minimum Gasteiger partial charge on any atom is -0.379 e. The standard InChI is InChI=1S/C14H10F4IN/c15-12-6-3-10(14(16,17)18)7-13(12)20-8-9-1-4-11(19)5-2-9/h1-7,20H,8H2. The van der Waals surface area contributed by atoms with Gasteiger partial charge in [-0.05, 0) is 58.5 Å². The summed E-state index contributed by atoms with van der Waals surface area (Å²) in [7, 11) is 0. The van der Waals surface area contributed by atoms with Gasteiger partial charge in [0.2, 0.25) is 0 Å². The Labute approximate surface area is 127 Å². The first-order valence-electron chi connectivity index (χ1n) is 5.71. The maximum absolute atomic E-state index is 13.5. The second kappa shape index (κ2) is 5.99. The van der Waals surface area contributed by atoms with E-state index in [2.05, 4.69) is 27.9 Å². The average molecular weight is 395 g/mol. The molecule has 0 aliphatic rings. The number of halogens is 5. The zero-order chi connectivity index (χ0) is 14.8. The molecule has 6 heteroatoms. The number of benzene rings is 2. The number of rotatable bonds is 3. The van der Waals surface area contributed by atoms with Crippen molar-refractivity contribution in [1.29, 1.82) is 0 Å². The van der Waals surface area contributed by atoms with E-state index in [4.69, 9.17) is 0 Å². The van der Waals surface area contributed by atoms with Gasteiger partial charge >= 0.3 is 6.18 Å². The molecule has 106 valence electrons. The van der Waals surface area contributed by atoms with Crippen LogP contribution in [0.5, 0.6) is 0 Å². The SMILES string of the molecule is Fc1ccc(C(F)(F)F)cc1NCc1ccc(I)cc1. The molecule has 0 amide bonds. The monoisotopic (exact) mass is 395 g/mol. The van der Waals surface area contributed by atoms with Crippen molar-refractivity contribution in [3.05, 3.63) is 63.0 Å². The zero-order valence-corrected chi connectivity index (χ0v) is 12.3. The molecule has 0 bridgehead atoms. The third-order valence-electron chi connectivity index (χ3n) is 2.69. The van der Waals surface area contributed by atoms with Crippen molar-refractivity contribution in [2.24, 2.45) is 0 Å². The Balaban J connectivity index is 2.14. The van der Waals surface area contributed by atoms with Crippen LogP contribution in [0.3, 0.4) is 0 Å². The van der Waals surface area contributed by atoms with Crippen molar-refractivity contribution in [3.8, 4) is 0 Å². The second-order valence-electron chi connectivity index (χ2n) is 4.17. The molecule has 0 heterocycles. The van der Waals surface area contributed by atoms with E-state index in [1.165, 1.54) is 0 Å². The Morgan fingerprint density at radius 2 is 1.65 bits per heavy atom. The third kappa shape index (κ3) is 3.84. The van der Waals surface area contributed by atoms with E-state index in [0.29, 0.717) is 0 Å². The predicted octanol–water partition coefficient (Wildman–Crippen LogP) is 5.06. The normalized spacial score (nSPS) is 11.4. The highest BCUT2D eigenvalue weighted by Gasteiger charge is 2.31. The van der Waals surface area contributed by atoms with Gasteiger partial charge in [0.05, 0.1) is 11.3 Å².